The standard InChI is InChI=1S/C20H40N2O2/c1-2-13-18(14-9-5-3-7-11-16-19(21)23)15-10-6-4-8-12-17-20(22)24/h18H,2-17H2,1H3,(H2,21,23)(H2,22,24). The van der Waals surface area contributed by atoms with E-state index in [1.807, 2.05) is 0 Å². The molecule has 0 aliphatic heterocycles. The first kappa shape index (κ1) is 22.9. The van der Waals surface area contributed by atoms with Crippen LogP contribution in [0.4, 0.5) is 0 Å². The molecule has 0 rings (SSSR count). The van der Waals surface area contributed by atoms with Crippen molar-refractivity contribution < 1.29 is 9.59 Å². The number of hydrogen-bond acceptors (Lipinski definition) is 2. The largest absolute Gasteiger partial charge is 0.370 e. The lowest BCUT2D eigenvalue weighted by atomic mass is 9.90. The summed E-state index contributed by atoms with van der Waals surface area (Å²) in [7, 11) is 0. The Morgan fingerprint density at radius 3 is 1.38 bits per heavy atom. The fraction of sp³-hybridized carbons (Fsp3) is 0.900. The molecule has 0 unspecified atom stereocenters. The van der Waals surface area contributed by atoms with Gasteiger partial charge >= 0.3 is 0 Å². The van der Waals surface area contributed by atoms with Crippen LogP contribution < -0.4 is 11.5 Å². The molecule has 4 N–H and O–H groups in total. The lowest BCUT2D eigenvalue weighted by molar-refractivity contribution is -0.119. The van der Waals surface area contributed by atoms with Gasteiger partial charge in [0.15, 0.2) is 0 Å². The predicted molar refractivity (Wildman–Crippen MR) is 101 cm³/mol. The minimum absolute atomic E-state index is 0.173. The van der Waals surface area contributed by atoms with Crippen LogP contribution in [-0.2, 0) is 9.59 Å². The summed E-state index contributed by atoms with van der Waals surface area (Å²) in [5.74, 6) is 0.534. The van der Waals surface area contributed by atoms with Crippen LogP contribution in [0.15, 0.2) is 0 Å². The van der Waals surface area contributed by atoms with Gasteiger partial charge in [-0.25, -0.2) is 0 Å². The lowest BCUT2D eigenvalue weighted by Crippen LogP contribution is -2.09. The van der Waals surface area contributed by atoms with Gasteiger partial charge in [0.05, 0.1) is 0 Å². The lowest BCUT2D eigenvalue weighted by Gasteiger charge is -2.16. The van der Waals surface area contributed by atoms with Crippen LogP contribution >= 0.6 is 0 Å². The first-order valence-corrected chi connectivity index (χ1v) is 10.1. The minimum Gasteiger partial charge on any atom is -0.370 e. The van der Waals surface area contributed by atoms with E-state index >= 15 is 0 Å². The normalized spacial score (nSPS) is 11.1. The smallest absolute Gasteiger partial charge is 0.217 e. The predicted octanol–water partition coefficient (Wildman–Crippen LogP) is 4.83. The molecule has 0 saturated carbocycles. The van der Waals surface area contributed by atoms with Gasteiger partial charge in [-0.1, -0.05) is 84.0 Å². The van der Waals surface area contributed by atoms with Gasteiger partial charge in [-0.2, -0.15) is 0 Å². The zero-order valence-corrected chi connectivity index (χ0v) is 15.9. The van der Waals surface area contributed by atoms with Gasteiger partial charge < -0.3 is 11.5 Å². The van der Waals surface area contributed by atoms with E-state index in [9.17, 15) is 9.59 Å². The number of carbonyl (C=O) groups is 2. The molecular formula is C20H40N2O2. The molecule has 0 aromatic carbocycles. The molecule has 24 heavy (non-hydrogen) atoms. The molecule has 0 bridgehead atoms. The van der Waals surface area contributed by atoms with Crippen molar-refractivity contribution in [3.05, 3.63) is 0 Å². The van der Waals surface area contributed by atoms with Crippen LogP contribution in [-0.4, -0.2) is 11.8 Å². The van der Waals surface area contributed by atoms with Crippen LogP contribution in [0.25, 0.3) is 0 Å². The molecule has 0 aliphatic carbocycles. The quantitative estimate of drug-likeness (QED) is 0.350. The molecule has 0 aromatic heterocycles. The van der Waals surface area contributed by atoms with E-state index in [2.05, 4.69) is 6.92 Å². The Hall–Kier alpha value is -1.06. The van der Waals surface area contributed by atoms with Crippen LogP contribution in [0.5, 0.6) is 0 Å². The van der Waals surface area contributed by atoms with Crippen LogP contribution in [0, 0.1) is 5.92 Å². The number of rotatable bonds is 18. The molecule has 0 aromatic rings. The highest BCUT2D eigenvalue weighted by molar-refractivity contribution is 5.73. The summed E-state index contributed by atoms with van der Waals surface area (Å²) in [6.07, 6.45) is 18.2. The molecule has 0 saturated heterocycles. The Morgan fingerprint density at radius 2 is 1.00 bits per heavy atom. The van der Waals surface area contributed by atoms with Crippen LogP contribution in [0.3, 0.4) is 0 Å². The summed E-state index contributed by atoms with van der Waals surface area (Å²) < 4.78 is 0. The van der Waals surface area contributed by atoms with Gasteiger partial charge in [0.2, 0.25) is 11.8 Å². The molecular weight excluding hydrogens is 300 g/mol. The number of unbranched alkanes of at least 4 members (excludes halogenated alkanes) is 8. The molecule has 0 atom stereocenters. The molecule has 4 heteroatoms. The van der Waals surface area contributed by atoms with E-state index in [1.165, 1.54) is 64.2 Å². The Morgan fingerprint density at radius 1 is 0.625 bits per heavy atom. The summed E-state index contributed by atoms with van der Waals surface area (Å²) in [6.45, 7) is 2.28. The Balaban J connectivity index is 3.52. The van der Waals surface area contributed by atoms with E-state index in [4.69, 9.17) is 11.5 Å². The molecule has 0 spiro atoms. The maximum Gasteiger partial charge on any atom is 0.217 e. The van der Waals surface area contributed by atoms with Crippen molar-refractivity contribution in [3.8, 4) is 0 Å². The SMILES string of the molecule is CCCC(CCCCCCCC(N)=O)CCCCCCCC(N)=O. The molecule has 2 amide bonds. The van der Waals surface area contributed by atoms with E-state index in [1.54, 1.807) is 0 Å². The summed E-state index contributed by atoms with van der Waals surface area (Å²) >= 11 is 0. The van der Waals surface area contributed by atoms with Crippen LogP contribution in [0.2, 0.25) is 0 Å². The maximum atomic E-state index is 10.7. The first-order chi connectivity index (χ1) is 11.6. The van der Waals surface area contributed by atoms with Crippen molar-refractivity contribution in [2.75, 3.05) is 0 Å². The zero-order valence-electron chi connectivity index (χ0n) is 15.9. The number of nitrogens with two attached hydrogens (primary N) is 2. The highest BCUT2D eigenvalue weighted by Gasteiger charge is 2.07. The first-order valence-electron chi connectivity index (χ1n) is 10.1. The van der Waals surface area contributed by atoms with Gasteiger partial charge in [-0.3, -0.25) is 9.59 Å². The third kappa shape index (κ3) is 17.3. The van der Waals surface area contributed by atoms with Crippen molar-refractivity contribution in [1.29, 1.82) is 0 Å². The third-order valence-corrected chi connectivity index (χ3v) is 4.77. The third-order valence-electron chi connectivity index (χ3n) is 4.77. The summed E-state index contributed by atoms with van der Waals surface area (Å²) in [6, 6.07) is 0. The summed E-state index contributed by atoms with van der Waals surface area (Å²) in [5.41, 5.74) is 10.3. The highest BCUT2D eigenvalue weighted by atomic mass is 16.1. The molecule has 0 radical (unpaired) electrons. The average molecular weight is 341 g/mol. The molecule has 0 aliphatic rings. The minimum atomic E-state index is -0.173. The maximum absolute atomic E-state index is 10.7. The average Bonchev–Trinajstić information content (AvgIpc) is 2.52. The van der Waals surface area contributed by atoms with Crippen molar-refractivity contribution in [2.24, 2.45) is 17.4 Å². The Kier molecular flexibility index (Phi) is 16.0. The monoisotopic (exact) mass is 340 g/mol. The van der Waals surface area contributed by atoms with Gasteiger partial charge in [0.25, 0.3) is 0 Å². The number of amides is 2. The Labute approximate surface area is 149 Å². The second-order valence-corrected chi connectivity index (χ2v) is 7.20. The molecule has 0 fully saturated rings. The number of hydrogen-bond donors (Lipinski definition) is 2. The van der Waals surface area contributed by atoms with E-state index in [0.717, 1.165) is 31.6 Å². The molecule has 142 valence electrons. The molecule has 4 nitrogen and oxygen atoms in total. The van der Waals surface area contributed by atoms with E-state index < -0.39 is 0 Å². The topological polar surface area (TPSA) is 86.2 Å². The summed E-state index contributed by atoms with van der Waals surface area (Å²) in [5, 5.41) is 0. The fourth-order valence-electron chi connectivity index (χ4n) is 3.37. The van der Waals surface area contributed by atoms with Crippen molar-refractivity contribution >= 4 is 11.8 Å². The highest BCUT2D eigenvalue weighted by Crippen LogP contribution is 2.23. The zero-order chi connectivity index (χ0) is 18.0. The van der Waals surface area contributed by atoms with Crippen molar-refractivity contribution in [3.63, 3.8) is 0 Å². The van der Waals surface area contributed by atoms with Gasteiger partial charge in [-0.15, -0.1) is 0 Å². The second-order valence-electron chi connectivity index (χ2n) is 7.20. The number of primary amides is 2. The van der Waals surface area contributed by atoms with Gasteiger partial charge in [0, 0.05) is 12.8 Å². The second kappa shape index (κ2) is 16.8. The number of carbonyl (C=O) groups excluding carboxylic acids is 2. The molecule has 0 heterocycles. The van der Waals surface area contributed by atoms with Gasteiger partial charge in [0.1, 0.15) is 0 Å². The van der Waals surface area contributed by atoms with Crippen molar-refractivity contribution in [1.82, 2.24) is 0 Å². The van der Waals surface area contributed by atoms with E-state index in [0.29, 0.717) is 12.8 Å². The van der Waals surface area contributed by atoms with Gasteiger partial charge in [-0.05, 0) is 18.8 Å². The summed E-state index contributed by atoms with van der Waals surface area (Å²) in [4.78, 5) is 21.3. The Bertz CT molecular complexity index is 291. The van der Waals surface area contributed by atoms with E-state index in [-0.39, 0.29) is 11.8 Å². The fourth-order valence-corrected chi connectivity index (χ4v) is 3.37. The van der Waals surface area contributed by atoms with Crippen molar-refractivity contribution in [2.45, 2.75) is 110 Å². The van der Waals surface area contributed by atoms with Crippen LogP contribution in [0.1, 0.15) is 110 Å².